The Balaban J connectivity index is 2.08. The lowest BCUT2D eigenvalue weighted by atomic mass is 10.1. The number of rotatable bonds is 3. The largest absolute Gasteiger partial charge is 0.372 e. The summed E-state index contributed by atoms with van der Waals surface area (Å²) in [7, 11) is 3.65. The van der Waals surface area contributed by atoms with Crippen molar-refractivity contribution in [1.29, 1.82) is 0 Å². The van der Waals surface area contributed by atoms with Crippen LogP contribution in [-0.4, -0.2) is 40.9 Å². The van der Waals surface area contributed by atoms with Gasteiger partial charge in [-0.2, -0.15) is 0 Å². The standard InChI is InChI=1S/C14H22N4O/c1-15-13-10-16-9-12(17-13)14(19)18(2)11-7-5-3-4-6-8-11/h9-11H,3-8H2,1-2H3,(H,15,17). The molecule has 0 saturated heterocycles. The van der Waals surface area contributed by atoms with Crippen molar-refractivity contribution in [2.24, 2.45) is 0 Å². The summed E-state index contributed by atoms with van der Waals surface area (Å²) >= 11 is 0. The molecular weight excluding hydrogens is 240 g/mol. The quantitative estimate of drug-likeness (QED) is 0.849. The Kier molecular flexibility index (Phi) is 4.71. The van der Waals surface area contributed by atoms with Crippen LogP contribution in [0.5, 0.6) is 0 Å². The minimum Gasteiger partial charge on any atom is -0.372 e. The van der Waals surface area contributed by atoms with E-state index < -0.39 is 0 Å². The molecule has 1 aliphatic carbocycles. The lowest BCUT2D eigenvalue weighted by Crippen LogP contribution is -2.37. The fourth-order valence-corrected chi connectivity index (χ4v) is 2.58. The second-order valence-corrected chi connectivity index (χ2v) is 5.10. The minimum absolute atomic E-state index is 0.0310. The highest BCUT2D eigenvalue weighted by atomic mass is 16.2. The molecule has 2 rings (SSSR count). The summed E-state index contributed by atoms with van der Waals surface area (Å²) in [4.78, 5) is 22.6. The van der Waals surface area contributed by atoms with Gasteiger partial charge in [-0.1, -0.05) is 25.7 Å². The molecule has 0 spiro atoms. The number of carbonyl (C=O) groups is 1. The number of nitrogens with one attached hydrogen (secondary N) is 1. The van der Waals surface area contributed by atoms with Gasteiger partial charge in [-0.3, -0.25) is 9.78 Å². The van der Waals surface area contributed by atoms with E-state index in [2.05, 4.69) is 15.3 Å². The average molecular weight is 262 g/mol. The predicted molar refractivity (Wildman–Crippen MR) is 75.2 cm³/mol. The molecule has 5 heteroatoms. The Bertz CT molecular complexity index is 427. The van der Waals surface area contributed by atoms with Crippen LogP contribution < -0.4 is 5.32 Å². The Morgan fingerprint density at radius 2 is 1.95 bits per heavy atom. The molecule has 1 saturated carbocycles. The van der Waals surface area contributed by atoms with Crippen molar-refractivity contribution in [3.8, 4) is 0 Å². The van der Waals surface area contributed by atoms with Gasteiger partial charge < -0.3 is 10.2 Å². The molecule has 0 atom stereocenters. The van der Waals surface area contributed by atoms with Gasteiger partial charge in [0, 0.05) is 20.1 Å². The van der Waals surface area contributed by atoms with Crippen molar-refractivity contribution in [2.75, 3.05) is 19.4 Å². The SMILES string of the molecule is CNc1cncc(C(=O)N(C)C2CCCCCC2)n1. The van der Waals surface area contributed by atoms with Gasteiger partial charge in [0.2, 0.25) is 0 Å². The van der Waals surface area contributed by atoms with Gasteiger partial charge in [0.05, 0.1) is 12.4 Å². The Morgan fingerprint density at radius 3 is 2.58 bits per heavy atom. The molecule has 0 bridgehead atoms. The van der Waals surface area contributed by atoms with Gasteiger partial charge in [0.25, 0.3) is 5.91 Å². The van der Waals surface area contributed by atoms with E-state index in [1.54, 1.807) is 13.2 Å². The average Bonchev–Trinajstić information content (AvgIpc) is 2.75. The minimum atomic E-state index is -0.0310. The molecule has 19 heavy (non-hydrogen) atoms. The monoisotopic (exact) mass is 262 g/mol. The highest BCUT2D eigenvalue weighted by Gasteiger charge is 2.23. The third-order valence-electron chi connectivity index (χ3n) is 3.80. The molecule has 0 unspecified atom stereocenters. The summed E-state index contributed by atoms with van der Waals surface area (Å²) in [6.07, 6.45) is 10.3. The number of hydrogen-bond donors (Lipinski definition) is 1. The number of amides is 1. The van der Waals surface area contributed by atoms with Crippen molar-refractivity contribution in [3.63, 3.8) is 0 Å². The first kappa shape index (κ1) is 13.8. The Labute approximate surface area is 114 Å². The molecule has 1 amide bonds. The molecule has 104 valence electrons. The summed E-state index contributed by atoms with van der Waals surface area (Å²) in [5, 5.41) is 2.91. The van der Waals surface area contributed by atoms with Crippen molar-refractivity contribution < 1.29 is 4.79 Å². The lowest BCUT2D eigenvalue weighted by molar-refractivity contribution is 0.0711. The van der Waals surface area contributed by atoms with E-state index in [1.165, 1.54) is 31.9 Å². The van der Waals surface area contributed by atoms with Crippen LogP contribution in [0.25, 0.3) is 0 Å². The predicted octanol–water partition coefficient (Wildman–Crippen LogP) is 2.31. The Hall–Kier alpha value is -1.65. The maximum absolute atomic E-state index is 12.4. The van der Waals surface area contributed by atoms with Gasteiger partial charge in [0.15, 0.2) is 0 Å². The van der Waals surface area contributed by atoms with Crippen LogP contribution in [-0.2, 0) is 0 Å². The van der Waals surface area contributed by atoms with Crippen LogP contribution in [0, 0.1) is 0 Å². The first-order valence-electron chi connectivity index (χ1n) is 6.99. The zero-order valence-electron chi connectivity index (χ0n) is 11.7. The summed E-state index contributed by atoms with van der Waals surface area (Å²) in [5.74, 6) is 0.594. The van der Waals surface area contributed by atoms with E-state index in [1.807, 2.05) is 11.9 Å². The van der Waals surface area contributed by atoms with E-state index in [0.717, 1.165) is 12.8 Å². The third kappa shape index (κ3) is 3.43. The molecular formula is C14H22N4O. The van der Waals surface area contributed by atoms with Gasteiger partial charge in [-0.05, 0) is 12.8 Å². The van der Waals surface area contributed by atoms with Crippen LogP contribution in [0.15, 0.2) is 12.4 Å². The van der Waals surface area contributed by atoms with E-state index in [-0.39, 0.29) is 5.91 Å². The van der Waals surface area contributed by atoms with Crippen LogP contribution in [0.3, 0.4) is 0 Å². The zero-order chi connectivity index (χ0) is 13.7. The first-order chi connectivity index (χ1) is 9.22. The smallest absolute Gasteiger partial charge is 0.274 e. The molecule has 0 radical (unpaired) electrons. The normalized spacial score (nSPS) is 16.7. The van der Waals surface area contributed by atoms with Gasteiger partial charge in [-0.25, -0.2) is 4.98 Å². The van der Waals surface area contributed by atoms with E-state index in [0.29, 0.717) is 17.6 Å². The summed E-state index contributed by atoms with van der Waals surface area (Å²) < 4.78 is 0. The van der Waals surface area contributed by atoms with E-state index >= 15 is 0 Å². The zero-order valence-corrected chi connectivity index (χ0v) is 11.7. The van der Waals surface area contributed by atoms with Gasteiger partial charge in [0.1, 0.15) is 11.5 Å². The number of nitrogens with zero attached hydrogens (tertiary/aromatic N) is 3. The second kappa shape index (κ2) is 6.50. The van der Waals surface area contributed by atoms with Gasteiger partial charge >= 0.3 is 0 Å². The van der Waals surface area contributed by atoms with Crippen LogP contribution in [0.2, 0.25) is 0 Å². The van der Waals surface area contributed by atoms with E-state index in [4.69, 9.17) is 0 Å². The lowest BCUT2D eigenvalue weighted by Gasteiger charge is -2.26. The second-order valence-electron chi connectivity index (χ2n) is 5.10. The first-order valence-corrected chi connectivity index (χ1v) is 6.99. The van der Waals surface area contributed by atoms with E-state index in [9.17, 15) is 4.79 Å². The molecule has 5 nitrogen and oxygen atoms in total. The summed E-state index contributed by atoms with van der Waals surface area (Å²) in [6, 6.07) is 0.343. The van der Waals surface area contributed by atoms with Crippen LogP contribution in [0.4, 0.5) is 5.82 Å². The molecule has 1 aromatic heterocycles. The number of hydrogen-bond acceptors (Lipinski definition) is 4. The van der Waals surface area contributed by atoms with Crippen molar-refractivity contribution in [2.45, 2.75) is 44.6 Å². The van der Waals surface area contributed by atoms with Gasteiger partial charge in [-0.15, -0.1) is 0 Å². The maximum Gasteiger partial charge on any atom is 0.274 e. The number of aromatic nitrogens is 2. The number of carbonyl (C=O) groups excluding carboxylic acids is 1. The molecule has 0 aromatic carbocycles. The van der Waals surface area contributed by atoms with Crippen LogP contribution in [0.1, 0.15) is 49.0 Å². The van der Waals surface area contributed by atoms with Crippen molar-refractivity contribution in [1.82, 2.24) is 14.9 Å². The highest BCUT2D eigenvalue weighted by molar-refractivity contribution is 5.92. The summed E-state index contributed by atoms with van der Waals surface area (Å²) in [5.41, 5.74) is 0.415. The molecule has 1 fully saturated rings. The topological polar surface area (TPSA) is 58.1 Å². The molecule has 1 aromatic rings. The molecule has 1 N–H and O–H groups in total. The maximum atomic E-state index is 12.4. The molecule has 0 aliphatic heterocycles. The van der Waals surface area contributed by atoms with Crippen molar-refractivity contribution in [3.05, 3.63) is 18.1 Å². The van der Waals surface area contributed by atoms with Crippen LogP contribution >= 0.6 is 0 Å². The number of anilines is 1. The third-order valence-corrected chi connectivity index (χ3v) is 3.80. The fourth-order valence-electron chi connectivity index (χ4n) is 2.58. The molecule has 1 heterocycles. The molecule has 1 aliphatic rings. The fraction of sp³-hybridized carbons (Fsp3) is 0.643. The summed E-state index contributed by atoms with van der Waals surface area (Å²) in [6.45, 7) is 0. The highest BCUT2D eigenvalue weighted by Crippen LogP contribution is 2.22. The Morgan fingerprint density at radius 1 is 1.26 bits per heavy atom. The van der Waals surface area contributed by atoms with Crippen molar-refractivity contribution >= 4 is 11.7 Å².